The molecule has 154 valence electrons. The molecule has 1 unspecified atom stereocenters. The van der Waals surface area contributed by atoms with Crippen LogP contribution in [0.15, 0.2) is 54.6 Å². The summed E-state index contributed by atoms with van der Waals surface area (Å²) >= 11 is 0. The van der Waals surface area contributed by atoms with Crippen molar-refractivity contribution in [3.05, 3.63) is 54.6 Å². The number of nitrogens with one attached hydrogen (secondary N) is 1. The lowest BCUT2D eigenvalue weighted by Gasteiger charge is -2.33. The van der Waals surface area contributed by atoms with Gasteiger partial charge in [-0.15, -0.1) is 0 Å². The number of hydrogen-bond donors (Lipinski definition) is 2. The maximum Gasteiger partial charge on any atom is 0.263 e. The molecule has 1 fully saturated rings. The largest absolute Gasteiger partial charge is 0.508 e. The van der Waals surface area contributed by atoms with E-state index in [1.54, 1.807) is 36.1 Å². The molecule has 1 atom stereocenters. The summed E-state index contributed by atoms with van der Waals surface area (Å²) in [5.41, 5.74) is 0. The maximum atomic E-state index is 12.6. The van der Waals surface area contributed by atoms with E-state index in [1.807, 2.05) is 18.2 Å². The number of piperidine rings is 1. The lowest BCUT2D eigenvalue weighted by Crippen LogP contribution is -2.50. The first-order valence-corrected chi connectivity index (χ1v) is 9.73. The van der Waals surface area contributed by atoms with Gasteiger partial charge in [0.05, 0.1) is 0 Å². The third-order valence-electron chi connectivity index (χ3n) is 4.78. The second-order valence-electron chi connectivity index (χ2n) is 7.02. The number of carbonyl (C=O) groups excluding carboxylic acids is 2. The van der Waals surface area contributed by atoms with Crippen LogP contribution in [0.25, 0.3) is 0 Å². The molecule has 0 spiro atoms. The van der Waals surface area contributed by atoms with E-state index >= 15 is 0 Å². The van der Waals surface area contributed by atoms with Crippen molar-refractivity contribution in [2.24, 2.45) is 0 Å². The van der Waals surface area contributed by atoms with Crippen LogP contribution in [0.3, 0.4) is 0 Å². The number of phenols is 1. The normalized spacial score (nSPS) is 15.4. The van der Waals surface area contributed by atoms with Gasteiger partial charge in [0.25, 0.3) is 11.8 Å². The third-order valence-corrected chi connectivity index (χ3v) is 4.78. The van der Waals surface area contributed by atoms with Crippen LogP contribution in [0.5, 0.6) is 17.2 Å². The van der Waals surface area contributed by atoms with Crippen molar-refractivity contribution in [2.45, 2.75) is 31.9 Å². The fourth-order valence-electron chi connectivity index (χ4n) is 3.22. The van der Waals surface area contributed by atoms with Gasteiger partial charge in [0.1, 0.15) is 17.2 Å². The predicted octanol–water partition coefficient (Wildman–Crippen LogP) is 2.35. The second-order valence-corrected chi connectivity index (χ2v) is 7.02. The standard InChI is InChI=1S/C22H26N2O5/c1-16(29-20-9-7-18(25)8-10-20)22(27)24-13-11-17(12-14-24)23-21(26)15-28-19-5-3-2-4-6-19/h2-10,16-17,25H,11-15H2,1H3,(H,23,26). The first kappa shape index (κ1) is 20.5. The number of aromatic hydroxyl groups is 1. The van der Waals surface area contributed by atoms with Gasteiger partial charge in [-0.2, -0.15) is 0 Å². The summed E-state index contributed by atoms with van der Waals surface area (Å²) in [4.78, 5) is 26.4. The third kappa shape index (κ3) is 6.14. The molecule has 0 radical (unpaired) electrons. The molecule has 29 heavy (non-hydrogen) atoms. The number of para-hydroxylation sites is 1. The summed E-state index contributed by atoms with van der Waals surface area (Å²) in [6.07, 6.45) is 0.758. The Morgan fingerprint density at radius 2 is 1.72 bits per heavy atom. The molecule has 2 aromatic rings. The van der Waals surface area contributed by atoms with Crippen molar-refractivity contribution >= 4 is 11.8 Å². The van der Waals surface area contributed by atoms with Crippen molar-refractivity contribution in [3.8, 4) is 17.2 Å². The number of likely N-dealkylation sites (tertiary alicyclic amines) is 1. The van der Waals surface area contributed by atoms with Crippen LogP contribution < -0.4 is 14.8 Å². The number of amides is 2. The molecule has 2 aromatic carbocycles. The molecule has 2 N–H and O–H groups in total. The Balaban J connectivity index is 1.39. The molecule has 1 saturated heterocycles. The Morgan fingerprint density at radius 1 is 1.07 bits per heavy atom. The van der Waals surface area contributed by atoms with Gasteiger partial charge >= 0.3 is 0 Å². The highest BCUT2D eigenvalue weighted by Crippen LogP contribution is 2.19. The van der Waals surface area contributed by atoms with Gasteiger partial charge in [-0.1, -0.05) is 18.2 Å². The van der Waals surface area contributed by atoms with Crippen molar-refractivity contribution < 1.29 is 24.2 Å². The zero-order valence-electron chi connectivity index (χ0n) is 16.4. The first-order valence-electron chi connectivity index (χ1n) is 9.73. The average molecular weight is 398 g/mol. The van der Waals surface area contributed by atoms with Gasteiger partial charge in [0.15, 0.2) is 12.7 Å². The molecule has 3 rings (SSSR count). The van der Waals surface area contributed by atoms with Gasteiger partial charge in [-0.3, -0.25) is 9.59 Å². The second kappa shape index (κ2) is 9.82. The Hall–Kier alpha value is -3.22. The van der Waals surface area contributed by atoms with Crippen LogP contribution in [0.1, 0.15) is 19.8 Å². The number of phenolic OH excluding ortho intramolecular Hbond substituents is 1. The molecule has 2 amide bonds. The molecule has 1 heterocycles. The van der Waals surface area contributed by atoms with Gasteiger partial charge in [-0.05, 0) is 56.2 Å². The van der Waals surface area contributed by atoms with Crippen molar-refractivity contribution in [1.29, 1.82) is 0 Å². The van der Waals surface area contributed by atoms with E-state index in [9.17, 15) is 14.7 Å². The van der Waals surface area contributed by atoms with Crippen molar-refractivity contribution in [1.82, 2.24) is 10.2 Å². The Kier molecular flexibility index (Phi) is 6.94. The molecule has 7 heteroatoms. The van der Waals surface area contributed by atoms with Crippen molar-refractivity contribution in [3.63, 3.8) is 0 Å². The summed E-state index contributed by atoms with van der Waals surface area (Å²) < 4.78 is 11.1. The summed E-state index contributed by atoms with van der Waals surface area (Å²) in [6.45, 7) is 2.81. The zero-order valence-corrected chi connectivity index (χ0v) is 16.4. The van der Waals surface area contributed by atoms with E-state index < -0.39 is 6.10 Å². The van der Waals surface area contributed by atoms with Gasteiger partial charge in [0, 0.05) is 19.1 Å². The van der Waals surface area contributed by atoms with Gasteiger partial charge in [-0.25, -0.2) is 0 Å². The SMILES string of the molecule is CC(Oc1ccc(O)cc1)C(=O)N1CCC(NC(=O)COc2ccccc2)CC1. The van der Waals surface area contributed by atoms with Crippen LogP contribution in [0.2, 0.25) is 0 Å². The minimum absolute atomic E-state index is 0.0271. The number of benzene rings is 2. The van der Waals surface area contributed by atoms with E-state index in [4.69, 9.17) is 9.47 Å². The first-order chi connectivity index (χ1) is 14.0. The fraction of sp³-hybridized carbons (Fsp3) is 0.364. The number of rotatable bonds is 7. The predicted molar refractivity (Wildman–Crippen MR) is 108 cm³/mol. The quantitative estimate of drug-likeness (QED) is 0.748. The lowest BCUT2D eigenvalue weighted by atomic mass is 10.0. The highest BCUT2D eigenvalue weighted by atomic mass is 16.5. The highest BCUT2D eigenvalue weighted by molar-refractivity contribution is 5.81. The Morgan fingerprint density at radius 3 is 2.38 bits per heavy atom. The average Bonchev–Trinajstić information content (AvgIpc) is 2.74. The number of hydrogen-bond acceptors (Lipinski definition) is 5. The molecule has 0 bridgehead atoms. The molecule has 1 aliphatic rings. The number of carbonyl (C=O) groups is 2. The van der Waals surface area contributed by atoms with Gasteiger partial charge in [0.2, 0.25) is 0 Å². The summed E-state index contributed by atoms with van der Waals surface area (Å²) in [6, 6.07) is 15.5. The summed E-state index contributed by atoms with van der Waals surface area (Å²) in [5, 5.41) is 12.3. The number of nitrogens with zero attached hydrogens (tertiary/aromatic N) is 1. The summed E-state index contributed by atoms with van der Waals surface area (Å²) in [7, 11) is 0. The van der Waals surface area contributed by atoms with Crippen LogP contribution in [-0.2, 0) is 9.59 Å². The lowest BCUT2D eigenvalue weighted by molar-refractivity contribution is -0.139. The smallest absolute Gasteiger partial charge is 0.263 e. The van der Waals surface area contributed by atoms with Crippen molar-refractivity contribution in [2.75, 3.05) is 19.7 Å². The van der Waals surface area contributed by atoms with Crippen LogP contribution in [-0.4, -0.2) is 53.7 Å². The van der Waals surface area contributed by atoms with E-state index in [-0.39, 0.29) is 30.2 Å². The molecular weight excluding hydrogens is 372 g/mol. The van der Waals surface area contributed by atoms with Crippen LogP contribution in [0.4, 0.5) is 0 Å². The molecule has 1 aliphatic heterocycles. The minimum Gasteiger partial charge on any atom is -0.508 e. The molecule has 0 aliphatic carbocycles. The number of ether oxygens (including phenoxy) is 2. The molecule has 0 saturated carbocycles. The highest BCUT2D eigenvalue weighted by Gasteiger charge is 2.27. The molecular formula is C22H26N2O5. The topological polar surface area (TPSA) is 88.1 Å². The van der Waals surface area contributed by atoms with Crippen LogP contribution >= 0.6 is 0 Å². The monoisotopic (exact) mass is 398 g/mol. The Bertz CT molecular complexity index is 802. The molecule has 7 nitrogen and oxygen atoms in total. The maximum absolute atomic E-state index is 12.6. The fourth-order valence-corrected chi connectivity index (χ4v) is 3.22. The summed E-state index contributed by atoms with van der Waals surface area (Å²) in [5.74, 6) is 1.09. The minimum atomic E-state index is -0.620. The zero-order chi connectivity index (χ0) is 20.6. The van der Waals surface area contributed by atoms with E-state index in [0.29, 0.717) is 37.4 Å². The van der Waals surface area contributed by atoms with E-state index in [1.165, 1.54) is 12.1 Å². The van der Waals surface area contributed by atoms with E-state index in [2.05, 4.69) is 5.32 Å². The van der Waals surface area contributed by atoms with E-state index in [0.717, 1.165) is 0 Å². The molecule has 0 aromatic heterocycles. The Labute approximate surface area is 170 Å². The van der Waals surface area contributed by atoms with Crippen LogP contribution in [0, 0.1) is 0 Å². The van der Waals surface area contributed by atoms with Gasteiger partial charge < -0.3 is 24.8 Å².